The van der Waals surface area contributed by atoms with E-state index in [9.17, 15) is 9.18 Å². The van der Waals surface area contributed by atoms with E-state index in [-0.39, 0.29) is 17.6 Å². The summed E-state index contributed by atoms with van der Waals surface area (Å²) in [5.74, 6) is 0.523. The van der Waals surface area contributed by atoms with E-state index in [1.54, 1.807) is 25.4 Å². The van der Waals surface area contributed by atoms with E-state index in [1.165, 1.54) is 23.8 Å². The Hall–Kier alpha value is -2.01. The second-order valence-corrected chi connectivity index (χ2v) is 6.98. The van der Waals surface area contributed by atoms with Gasteiger partial charge in [-0.2, -0.15) is 0 Å². The molecule has 3 rings (SSSR count). The van der Waals surface area contributed by atoms with Gasteiger partial charge in [0.05, 0.1) is 12.6 Å². The predicted molar refractivity (Wildman–Crippen MR) is 95.3 cm³/mol. The number of amides is 1. The standard InChI is InChI=1S/C20H25FN2O2/c1-13(20(24)23(2)25-3)14-4-6-15(7-5-14)17-10-11-22-19-9-8-16(21)12-18(17)19/h8-15H,4-7H2,1-3H3/t13?,14-,15+. The number of carbonyl (C=O) groups is 1. The highest BCUT2D eigenvalue weighted by molar-refractivity contribution is 5.82. The summed E-state index contributed by atoms with van der Waals surface area (Å²) < 4.78 is 13.7. The monoisotopic (exact) mass is 344 g/mol. The first-order valence-electron chi connectivity index (χ1n) is 8.87. The third kappa shape index (κ3) is 3.66. The SMILES string of the molecule is CON(C)C(=O)C(C)[C@H]1CC[C@@H](c2ccnc3ccc(F)cc32)CC1. The molecule has 1 aliphatic carbocycles. The molecule has 134 valence electrons. The molecule has 4 nitrogen and oxygen atoms in total. The van der Waals surface area contributed by atoms with Gasteiger partial charge in [-0.3, -0.25) is 14.6 Å². The third-order valence-electron chi connectivity index (χ3n) is 5.63. The second kappa shape index (κ2) is 7.48. The molecule has 1 amide bonds. The fourth-order valence-corrected chi connectivity index (χ4v) is 4.00. The van der Waals surface area contributed by atoms with Crippen molar-refractivity contribution >= 4 is 16.8 Å². The summed E-state index contributed by atoms with van der Waals surface area (Å²) in [5, 5.41) is 2.23. The summed E-state index contributed by atoms with van der Waals surface area (Å²) in [6.45, 7) is 1.99. The molecule has 0 spiro atoms. The molecule has 0 radical (unpaired) electrons. The molecule has 0 saturated heterocycles. The van der Waals surface area contributed by atoms with Crippen LogP contribution in [-0.4, -0.2) is 30.1 Å². The largest absolute Gasteiger partial charge is 0.275 e. The molecule has 0 aliphatic heterocycles. The van der Waals surface area contributed by atoms with E-state index >= 15 is 0 Å². The van der Waals surface area contributed by atoms with Crippen molar-refractivity contribution in [2.45, 2.75) is 38.5 Å². The van der Waals surface area contributed by atoms with Crippen LogP contribution in [0.5, 0.6) is 0 Å². The van der Waals surface area contributed by atoms with Crippen molar-refractivity contribution in [1.29, 1.82) is 0 Å². The molecule has 1 unspecified atom stereocenters. The van der Waals surface area contributed by atoms with Crippen LogP contribution in [0.15, 0.2) is 30.5 Å². The maximum absolute atomic E-state index is 13.7. The van der Waals surface area contributed by atoms with Crippen LogP contribution < -0.4 is 0 Å². The topological polar surface area (TPSA) is 42.4 Å². The normalized spacial score (nSPS) is 21.9. The highest BCUT2D eigenvalue weighted by Crippen LogP contribution is 2.41. The van der Waals surface area contributed by atoms with Crippen LogP contribution in [-0.2, 0) is 9.63 Å². The van der Waals surface area contributed by atoms with Crippen molar-refractivity contribution in [2.75, 3.05) is 14.2 Å². The number of carbonyl (C=O) groups excluding carboxylic acids is 1. The number of nitrogens with zero attached hydrogens (tertiary/aromatic N) is 2. The number of hydrogen-bond donors (Lipinski definition) is 0. The van der Waals surface area contributed by atoms with Gasteiger partial charge in [0, 0.05) is 24.5 Å². The summed E-state index contributed by atoms with van der Waals surface area (Å²) in [5.41, 5.74) is 2.02. The molecule has 5 heteroatoms. The Morgan fingerprint density at radius 2 is 2.00 bits per heavy atom. The smallest absolute Gasteiger partial charge is 0.248 e. The zero-order valence-electron chi connectivity index (χ0n) is 15.0. The number of hydrogen-bond acceptors (Lipinski definition) is 3. The number of aromatic nitrogens is 1. The van der Waals surface area contributed by atoms with Gasteiger partial charge in [0.15, 0.2) is 0 Å². The van der Waals surface area contributed by atoms with Crippen molar-refractivity contribution in [2.24, 2.45) is 11.8 Å². The number of fused-ring (bicyclic) bond motifs is 1. The van der Waals surface area contributed by atoms with E-state index in [4.69, 9.17) is 4.84 Å². The van der Waals surface area contributed by atoms with Crippen LogP contribution in [0.25, 0.3) is 10.9 Å². The predicted octanol–water partition coefficient (Wildman–Crippen LogP) is 4.30. The van der Waals surface area contributed by atoms with Crippen LogP contribution in [0.3, 0.4) is 0 Å². The molecular formula is C20H25FN2O2. The van der Waals surface area contributed by atoms with Gasteiger partial charge < -0.3 is 0 Å². The Morgan fingerprint density at radius 1 is 1.28 bits per heavy atom. The van der Waals surface area contributed by atoms with Crippen LogP contribution in [0.2, 0.25) is 0 Å². The molecule has 0 bridgehead atoms. The van der Waals surface area contributed by atoms with Gasteiger partial charge in [-0.05, 0) is 67.3 Å². The maximum Gasteiger partial charge on any atom is 0.248 e. The average molecular weight is 344 g/mol. The lowest BCUT2D eigenvalue weighted by Gasteiger charge is -2.33. The first kappa shape index (κ1) is 17.8. The van der Waals surface area contributed by atoms with Crippen LogP contribution in [0.4, 0.5) is 4.39 Å². The molecule has 1 atom stereocenters. The number of halogens is 1. The summed E-state index contributed by atoms with van der Waals surface area (Å²) >= 11 is 0. The molecule has 1 saturated carbocycles. The highest BCUT2D eigenvalue weighted by atomic mass is 19.1. The lowest BCUT2D eigenvalue weighted by molar-refractivity contribution is -0.175. The van der Waals surface area contributed by atoms with Gasteiger partial charge in [-0.1, -0.05) is 6.92 Å². The first-order valence-corrected chi connectivity index (χ1v) is 8.87. The van der Waals surface area contributed by atoms with Crippen molar-refractivity contribution in [3.63, 3.8) is 0 Å². The number of hydroxylamine groups is 2. The van der Waals surface area contributed by atoms with E-state index in [1.807, 2.05) is 13.0 Å². The lowest BCUT2D eigenvalue weighted by Crippen LogP contribution is -2.35. The minimum absolute atomic E-state index is 0.0300. The van der Waals surface area contributed by atoms with Gasteiger partial charge >= 0.3 is 0 Å². The molecule has 25 heavy (non-hydrogen) atoms. The minimum Gasteiger partial charge on any atom is -0.275 e. The Labute approximate surface area is 147 Å². The molecule has 2 aromatic rings. The summed E-state index contributed by atoms with van der Waals surface area (Å²) in [4.78, 5) is 21.6. The zero-order valence-corrected chi connectivity index (χ0v) is 15.0. The van der Waals surface area contributed by atoms with E-state index in [0.717, 1.165) is 36.6 Å². The summed E-state index contributed by atoms with van der Waals surface area (Å²) in [7, 11) is 3.16. The third-order valence-corrected chi connectivity index (χ3v) is 5.63. The van der Waals surface area contributed by atoms with Crippen molar-refractivity contribution < 1.29 is 14.0 Å². The van der Waals surface area contributed by atoms with Crippen molar-refractivity contribution in [3.8, 4) is 0 Å². The van der Waals surface area contributed by atoms with Gasteiger partial charge in [-0.25, -0.2) is 9.45 Å². The van der Waals surface area contributed by atoms with E-state index in [0.29, 0.717) is 11.8 Å². The van der Waals surface area contributed by atoms with Crippen LogP contribution >= 0.6 is 0 Å². The van der Waals surface area contributed by atoms with E-state index in [2.05, 4.69) is 4.98 Å². The minimum atomic E-state index is -0.225. The number of pyridine rings is 1. The van der Waals surface area contributed by atoms with Crippen molar-refractivity contribution in [3.05, 3.63) is 41.8 Å². The molecule has 1 aromatic heterocycles. The lowest BCUT2D eigenvalue weighted by atomic mass is 9.73. The maximum atomic E-state index is 13.7. The van der Waals surface area contributed by atoms with Gasteiger partial charge in [0.1, 0.15) is 5.82 Å². The highest BCUT2D eigenvalue weighted by Gasteiger charge is 2.31. The average Bonchev–Trinajstić information content (AvgIpc) is 2.65. The Morgan fingerprint density at radius 3 is 2.68 bits per heavy atom. The summed E-state index contributed by atoms with van der Waals surface area (Å²) in [6.07, 6.45) is 5.81. The molecule has 1 aromatic carbocycles. The van der Waals surface area contributed by atoms with Crippen molar-refractivity contribution in [1.82, 2.24) is 10.0 Å². The fraction of sp³-hybridized carbons (Fsp3) is 0.500. The summed E-state index contributed by atoms with van der Waals surface area (Å²) in [6, 6.07) is 6.79. The Balaban J connectivity index is 1.73. The zero-order chi connectivity index (χ0) is 18.0. The Bertz CT molecular complexity index is 756. The number of benzene rings is 1. The first-order chi connectivity index (χ1) is 12.0. The van der Waals surface area contributed by atoms with E-state index < -0.39 is 0 Å². The fourth-order valence-electron chi connectivity index (χ4n) is 4.00. The molecular weight excluding hydrogens is 319 g/mol. The molecule has 0 N–H and O–H groups in total. The number of rotatable bonds is 4. The molecule has 1 heterocycles. The molecule has 1 fully saturated rings. The van der Waals surface area contributed by atoms with Gasteiger partial charge in [-0.15, -0.1) is 0 Å². The van der Waals surface area contributed by atoms with Gasteiger partial charge in [0.2, 0.25) is 5.91 Å². The van der Waals surface area contributed by atoms with Gasteiger partial charge in [0.25, 0.3) is 0 Å². The van der Waals surface area contributed by atoms with Crippen LogP contribution in [0.1, 0.15) is 44.1 Å². The molecule has 1 aliphatic rings. The second-order valence-electron chi connectivity index (χ2n) is 6.98. The quantitative estimate of drug-likeness (QED) is 0.777. The Kier molecular flexibility index (Phi) is 5.33. The van der Waals surface area contributed by atoms with Crippen LogP contribution in [0, 0.1) is 17.7 Å².